The summed E-state index contributed by atoms with van der Waals surface area (Å²) in [5.74, 6) is 0.553. The van der Waals surface area contributed by atoms with Crippen molar-refractivity contribution in [2.75, 3.05) is 26.2 Å². The molecule has 0 aromatic heterocycles. The van der Waals surface area contributed by atoms with Crippen molar-refractivity contribution in [3.05, 3.63) is 0 Å². The summed E-state index contributed by atoms with van der Waals surface area (Å²) in [5, 5.41) is 11.4. The molecule has 18 heavy (non-hydrogen) atoms. The number of fused-ring (bicyclic) bond motifs is 3. The topological polar surface area (TPSA) is 62.2 Å². The van der Waals surface area contributed by atoms with Gasteiger partial charge in [0.15, 0.2) is 0 Å². The number of aliphatic hydroxyl groups is 1. The van der Waals surface area contributed by atoms with Gasteiger partial charge in [-0.05, 0) is 25.7 Å². The Morgan fingerprint density at radius 1 is 1.33 bits per heavy atom. The molecule has 0 amide bonds. The van der Waals surface area contributed by atoms with E-state index in [9.17, 15) is 9.90 Å². The van der Waals surface area contributed by atoms with Crippen LogP contribution in [0.2, 0.25) is 0 Å². The van der Waals surface area contributed by atoms with E-state index in [2.05, 4.69) is 4.90 Å². The van der Waals surface area contributed by atoms with Crippen LogP contribution >= 0.6 is 0 Å². The third-order valence-corrected chi connectivity index (χ3v) is 4.27. The van der Waals surface area contributed by atoms with Crippen molar-refractivity contribution in [1.82, 2.24) is 9.96 Å². The highest BCUT2D eigenvalue weighted by Gasteiger charge is 2.50. The quantitative estimate of drug-likeness (QED) is 0.713. The molecule has 3 aliphatic rings. The molecule has 0 saturated carbocycles. The second-order valence-corrected chi connectivity index (χ2v) is 5.42. The van der Waals surface area contributed by atoms with Gasteiger partial charge in [-0.25, -0.2) is 4.79 Å². The highest BCUT2D eigenvalue weighted by atomic mass is 16.8. The second kappa shape index (κ2) is 4.68. The van der Waals surface area contributed by atoms with Gasteiger partial charge >= 0.3 is 6.16 Å². The van der Waals surface area contributed by atoms with Gasteiger partial charge in [-0.2, -0.15) is 0 Å². The average molecular weight is 256 g/mol. The number of hydroxylamine groups is 2. The van der Waals surface area contributed by atoms with Crippen molar-refractivity contribution >= 4 is 6.16 Å². The average Bonchev–Trinajstić information content (AvgIpc) is 2.89. The van der Waals surface area contributed by atoms with Crippen LogP contribution in [0.3, 0.4) is 0 Å². The zero-order chi connectivity index (χ0) is 12.7. The molecule has 0 aliphatic carbocycles. The maximum atomic E-state index is 11.3. The molecule has 0 bridgehead atoms. The largest absolute Gasteiger partial charge is 0.527 e. The SMILES string of the molecule is CCOC(=O)ON1CC2CC3CC(O)CN3C2C1. The molecule has 3 aliphatic heterocycles. The molecule has 3 fully saturated rings. The van der Waals surface area contributed by atoms with Gasteiger partial charge in [-0.3, -0.25) is 4.90 Å². The summed E-state index contributed by atoms with van der Waals surface area (Å²) in [6, 6.07) is 0.946. The fourth-order valence-corrected chi connectivity index (χ4v) is 3.65. The van der Waals surface area contributed by atoms with Crippen molar-refractivity contribution < 1.29 is 19.5 Å². The van der Waals surface area contributed by atoms with E-state index in [4.69, 9.17) is 9.57 Å². The smallest absolute Gasteiger partial charge is 0.433 e. The van der Waals surface area contributed by atoms with E-state index in [1.807, 2.05) is 0 Å². The van der Waals surface area contributed by atoms with Crippen LogP contribution in [0, 0.1) is 5.92 Å². The lowest BCUT2D eigenvalue weighted by molar-refractivity contribution is -0.118. The molecule has 0 aromatic carbocycles. The fourth-order valence-electron chi connectivity index (χ4n) is 3.65. The monoisotopic (exact) mass is 256 g/mol. The summed E-state index contributed by atoms with van der Waals surface area (Å²) in [7, 11) is 0. The van der Waals surface area contributed by atoms with E-state index in [-0.39, 0.29) is 6.10 Å². The van der Waals surface area contributed by atoms with Crippen molar-refractivity contribution in [2.24, 2.45) is 5.92 Å². The predicted octanol–water partition coefficient (Wildman–Crippen LogP) is 0.214. The molecule has 4 atom stereocenters. The third-order valence-electron chi connectivity index (χ3n) is 4.27. The lowest BCUT2D eigenvalue weighted by Crippen LogP contribution is -2.37. The van der Waals surface area contributed by atoms with Gasteiger partial charge in [0.2, 0.25) is 0 Å². The Balaban J connectivity index is 1.55. The number of aliphatic hydroxyl groups excluding tert-OH is 1. The lowest BCUT2D eigenvalue weighted by Gasteiger charge is -2.23. The molecule has 6 heteroatoms. The molecule has 3 rings (SSSR count). The van der Waals surface area contributed by atoms with E-state index in [0.717, 1.165) is 32.5 Å². The van der Waals surface area contributed by atoms with E-state index in [1.54, 1.807) is 12.0 Å². The number of nitrogens with zero attached hydrogens (tertiary/aromatic N) is 2. The van der Waals surface area contributed by atoms with Crippen LogP contribution < -0.4 is 0 Å². The van der Waals surface area contributed by atoms with Gasteiger partial charge in [0.25, 0.3) is 0 Å². The van der Waals surface area contributed by atoms with E-state index in [0.29, 0.717) is 24.6 Å². The third kappa shape index (κ3) is 2.08. The van der Waals surface area contributed by atoms with Crippen LogP contribution in [0.25, 0.3) is 0 Å². The van der Waals surface area contributed by atoms with Gasteiger partial charge in [-0.15, -0.1) is 5.06 Å². The van der Waals surface area contributed by atoms with Crippen LogP contribution in [0.4, 0.5) is 4.79 Å². The second-order valence-electron chi connectivity index (χ2n) is 5.42. The summed E-state index contributed by atoms with van der Waals surface area (Å²) in [6.07, 6.45) is 1.20. The zero-order valence-corrected chi connectivity index (χ0v) is 10.6. The fraction of sp³-hybridized carbons (Fsp3) is 0.917. The number of carbonyl (C=O) groups excluding carboxylic acids is 1. The molecule has 1 N–H and O–H groups in total. The first kappa shape index (κ1) is 12.2. The number of carbonyl (C=O) groups is 1. The molecule has 3 heterocycles. The first-order valence-electron chi connectivity index (χ1n) is 6.71. The molecule has 102 valence electrons. The summed E-state index contributed by atoms with van der Waals surface area (Å²) >= 11 is 0. The first-order chi connectivity index (χ1) is 8.67. The summed E-state index contributed by atoms with van der Waals surface area (Å²) in [6.45, 7) is 4.37. The van der Waals surface area contributed by atoms with Gasteiger partial charge in [0.1, 0.15) is 0 Å². The molecule has 0 spiro atoms. The van der Waals surface area contributed by atoms with Gasteiger partial charge < -0.3 is 14.7 Å². The van der Waals surface area contributed by atoms with Crippen LogP contribution in [0.5, 0.6) is 0 Å². The molecule has 4 unspecified atom stereocenters. The Hall–Kier alpha value is -0.850. The van der Waals surface area contributed by atoms with Crippen molar-refractivity contribution in [2.45, 2.75) is 38.0 Å². The Labute approximate surface area is 106 Å². The standard InChI is InChI=1S/C12H20N2O4/c1-2-17-12(16)18-13-5-8-3-9-4-10(15)6-14(9)11(8)7-13/h8-11,15H,2-7H2,1H3. The van der Waals surface area contributed by atoms with E-state index in [1.165, 1.54) is 0 Å². The minimum Gasteiger partial charge on any atom is -0.433 e. The maximum absolute atomic E-state index is 11.3. The van der Waals surface area contributed by atoms with Gasteiger partial charge in [0.05, 0.1) is 19.3 Å². The van der Waals surface area contributed by atoms with Crippen LogP contribution in [0.15, 0.2) is 0 Å². The Morgan fingerprint density at radius 2 is 2.17 bits per heavy atom. The van der Waals surface area contributed by atoms with E-state index >= 15 is 0 Å². The summed E-state index contributed by atoms with van der Waals surface area (Å²) in [4.78, 5) is 18.8. The maximum Gasteiger partial charge on any atom is 0.527 e. The molecule has 6 nitrogen and oxygen atoms in total. The summed E-state index contributed by atoms with van der Waals surface area (Å²) in [5.41, 5.74) is 0. The highest BCUT2D eigenvalue weighted by Crippen LogP contribution is 2.40. The number of ether oxygens (including phenoxy) is 1. The number of hydrogen-bond donors (Lipinski definition) is 1. The minimum absolute atomic E-state index is 0.184. The Bertz CT molecular complexity index is 338. The lowest BCUT2D eigenvalue weighted by atomic mass is 10.00. The minimum atomic E-state index is -0.615. The van der Waals surface area contributed by atoms with Crippen molar-refractivity contribution in [3.63, 3.8) is 0 Å². The highest BCUT2D eigenvalue weighted by molar-refractivity contribution is 5.59. The van der Waals surface area contributed by atoms with Gasteiger partial charge in [0, 0.05) is 25.2 Å². The normalized spacial score (nSPS) is 39.7. The van der Waals surface area contributed by atoms with Crippen LogP contribution in [-0.4, -0.2) is 65.7 Å². The van der Waals surface area contributed by atoms with Crippen molar-refractivity contribution in [3.8, 4) is 0 Å². The number of hydrogen-bond acceptors (Lipinski definition) is 6. The van der Waals surface area contributed by atoms with E-state index < -0.39 is 6.16 Å². The van der Waals surface area contributed by atoms with Crippen LogP contribution in [-0.2, 0) is 9.57 Å². The Kier molecular flexibility index (Phi) is 3.17. The Morgan fingerprint density at radius 3 is 2.94 bits per heavy atom. The number of rotatable bonds is 2. The summed E-state index contributed by atoms with van der Waals surface area (Å²) < 4.78 is 4.77. The molecule has 0 aromatic rings. The molecule has 0 radical (unpaired) electrons. The molecule has 3 saturated heterocycles. The predicted molar refractivity (Wildman–Crippen MR) is 62.7 cm³/mol. The first-order valence-corrected chi connectivity index (χ1v) is 6.71. The zero-order valence-electron chi connectivity index (χ0n) is 10.6. The molecular weight excluding hydrogens is 236 g/mol. The van der Waals surface area contributed by atoms with Crippen LogP contribution in [0.1, 0.15) is 19.8 Å². The molecular formula is C12H20N2O4. The van der Waals surface area contributed by atoms with Gasteiger partial charge in [-0.1, -0.05) is 0 Å². The van der Waals surface area contributed by atoms with Crippen molar-refractivity contribution in [1.29, 1.82) is 0 Å².